The molecule has 1 N–H and O–H groups in total. The zero-order valence-corrected chi connectivity index (χ0v) is 14.7. The molecule has 3 unspecified atom stereocenters. The highest BCUT2D eigenvalue weighted by molar-refractivity contribution is 6.42. The molecule has 1 aromatic carbocycles. The lowest BCUT2D eigenvalue weighted by Gasteiger charge is -2.25. The molecule has 0 bridgehead atoms. The van der Waals surface area contributed by atoms with Crippen LogP contribution >= 0.6 is 23.2 Å². The van der Waals surface area contributed by atoms with Gasteiger partial charge in [-0.3, -0.25) is 0 Å². The van der Waals surface area contributed by atoms with Gasteiger partial charge in [-0.2, -0.15) is 0 Å². The fourth-order valence-corrected chi connectivity index (χ4v) is 3.83. The minimum Gasteiger partial charge on any atom is -0.313 e. The summed E-state index contributed by atoms with van der Waals surface area (Å²) >= 11 is 12.2. The van der Waals surface area contributed by atoms with Crippen LogP contribution in [-0.4, -0.2) is 12.6 Å². The van der Waals surface area contributed by atoms with E-state index in [1.807, 2.05) is 12.1 Å². The zero-order chi connectivity index (χ0) is 15.2. The smallest absolute Gasteiger partial charge is 0.0595 e. The number of rotatable bonds is 7. The molecule has 1 aliphatic carbocycles. The van der Waals surface area contributed by atoms with Gasteiger partial charge in [0.25, 0.3) is 0 Å². The van der Waals surface area contributed by atoms with E-state index in [1.54, 1.807) is 0 Å². The van der Waals surface area contributed by atoms with E-state index in [0.717, 1.165) is 24.8 Å². The largest absolute Gasteiger partial charge is 0.313 e. The maximum atomic E-state index is 6.15. The second kappa shape index (κ2) is 8.41. The molecule has 1 saturated carbocycles. The maximum absolute atomic E-state index is 6.15. The molecule has 0 amide bonds. The molecule has 118 valence electrons. The monoisotopic (exact) mass is 327 g/mol. The van der Waals surface area contributed by atoms with Gasteiger partial charge in [-0.25, -0.2) is 0 Å². The van der Waals surface area contributed by atoms with E-state index in [4.69, 9.17) is 23.2 Å². The third kappa shape index (κ3) is 4.87. The summed E-state index contributed by atoms with van der Waals surface area (Å²) in [4.78, 5) is 0. The highest BCUT2D eigenvalue weighted by Gasteiger charge is 2.29. The van der Waals surface area contributed by atoms with E-state index in [-0.39, 0.29) is 0 Å². The van der Waals surface area contributed by atoms with Crippen LogP contribution in [0.15, 0.2) is 18.2 Å². The van der Waals surface area contributed by atoms with Gasteiger partial charge in [0.1, 0.15) is 0 Å². The van der Waals surface area contributed by atoms with Crippen molar-refractivity contribution >= 4 is 23.2 Å². The van der Waals surface area contributed by atoms with Crippen molar-refractivity contribution in [2.45, 2.75) is 58.4 Å². The molecule has 0 saturated heterocycles. The maximum Gasteiger partial charge on any atom is 0.0595 e. The second-order valence-corrected chi connectivity index (χ2v) is 7.18. The SMILES string of the molecule is CCCNC(Cc1ccc(Cl)c(Cl)c1)C1CCC(CC)C1. The first-order valence-electron chi connectivity index (χ1n) is 8.31. The van der Waals surface area contributed by atoms with Gasteiger partial charge in [0, 0.05) is 6.04 Å². The first kappa shape index (κ1) is 17.1. The molecule has 0 heterocycles. The molecule has 3 atom stereocenters. The molecule has 0 radical (unpaired) electrons. The van der Waals surface area contributed by atoms with Gasteiger partial charge in [-0.15, -0.1) is 0 Å². The zero-order valence-electron chi connectivity index (χ0n) is 13.2. The fourth-order valence-electron chi connectivity index (χ4n) is 3.51. The Bertz CT molecular complexity index is 447. The van der Waals surface area contributed by atoms with Crippen LogP contribution in [0.5, 0.6) is 0 Å². The molecule has 0 aliphatic heterocycles. The van der Waals surface area contributed by atoms with Crippen molar-refractivity contribution in [1.29, 1.82) is 0 Å². The van der Waals surface area contributed by atoms with Gasteiger partial charge >= 0.3 is 0 Å². The van der Waals surface area contributed by atoms with E-state index >= 15 is 0 Å². The van der Waals surface area contributed by atoms with Crippen LogP contribution in [0.3, 0.4) is 0 Å². The third-order valence-electron chi connectivity index (χ3n) is 4.82. The molecule has 1 nitrogen and oxygen atoms in total. The van der Waals surface area contributed by atoms with Gasteiger partial charge in [-0.1, -0.05) is 56.0 Å². The molecule has 3 heteroatoms. The Labute approximate surface area is 139 Å². The predicted molar refractivity (Wildman–Crippen MR) is 93.4 cm³/mol. The molecule has 1 fully saturated rings. The van der Waals surface area contributed by atoms with E-state index in [9.17, 15) is 0 Å². The lowest BCUT2D eigenvalue weighted by molar-refractivity contribution is 0.344. The van der Waals surface area contributed by atoms with Crippen molar-refractivity contribution in [2.75, 3.05) is 6.54 Å². The summed E-state index contributed by atoms with van der Waals surface area (Å²) in [5.74, 6) is 1.73. The van der Waals surface area contributed by atoms with Gasteiger partial charge in [-0.05, 0) is 61.8 Å². The summed E-state index contributed by atoms with van der Waals surface area (Å²) in [6, 6.07) is 6.62. The third-order valence-corrected chi connectivity index (χ3v) is 5.56. The van der Waals surface area contributed by atoms with Crippen LogP contribution < -0.4 is 5.32 Å². The Hall–Kier alpha value is -0.240. The second-order valence-electron chi connectivity index (χ2n) is 6.36. The van der Waals surface area contributed by atoms with Crippen LogP contribution in [0.2, 0.25) is 10.0 Å². The summed E-state index contributed by atoms with van der Waals surface area (Å²) < 4.78 is 0. The van der Waals surface area contributed by atoms with Gasteiger partial charge < -0.3 is 5.32 Å². The predicted octanol–water partition coefficient (Wildman–Crippen LogP) is 5.73. The summed E-state index contributed by atoms with van der Waals surface area (Å²) in [5.41, 5.74) is 1.29. The van der Waals surface area contributed by atoms with Crippen molar-refractivity contribution in [3.63, 3.8) is 0 Å². The van der Waals surface area contributed by atoms with Crippen LogP contribution in [0.1, 0.15) is 51.5 Å². The van der Waals surface area contributed by atoms with Gasteiger partial charge in [0.2, 0.25) is 0 Å². The molecular weight excluding hydrogens is 301 g/mol. The molecular formula is C18H27Cl2N. The van der Waals surface area contributed by atoms with Crippen molar-refractivity contribution in [2.24, 2.45) is 11.8 Å². The molecule has 1 aromatic rings. The van der Waals surface area contributed by atoms with Crippen LogP contribution in [0.4, 0.5) is 0 Å². The van der Waals surface area contributed by atoms with E-state index in [1.165, 1.54) is 37.7 Å². The molecule has 21 heavy (non-hydrogen) atoms. The lowest BCUT2D eigenvalue weighted by atomic mass is 9.91. The van der Waals surface area contributed by atoms with E-state index in [2.05, 4.69) is 25.2 Å². The molecule has 2 rings (SSSR count). The number of hydrogen-bond acceptors (Lipinski definition) is 1. The summed E-state index contributed by atoms with van der Waals surface area (Å²) in [7, 11) is 0. The molecule has 0 spiro atoms. The van der Waals surface area contributed by atoms with E-state index < -0.39 is 0 Å². The Morgan fingerprint density at radius 2 is 2.00 bits per heavy atom. The molecule has 1 aliphatic rings. The number of benzene rings is 1. The van der Waals surface area contributed by atoms with Crippen molar-refractivity contribution in [1.82, 2.24) is 5.32 Å². The minimum atomic E-state index is 0.568. The first-order chi connectivity index (χ1) is 10.1. The van der Waals surface area contributed by atoms with Crippen molar-refractivity contribution in [3.05, 3.63) is 33.8 Å². The Morgan fingerprint density at radius 3 is 2.62 bits per heavy atom. The highest BCUT2D eigenvalue weighted by atomic mass is 35.5. The number of hydrogen-bond donors (Lipinski definition) is 1. The van der Waals surface area contributed by atoms with Crippen molar-refractivity contribution in [3.8, 4) is 0 Å². The lowest BCUT2D eigenvalue weighted by Crippen LogP contribution is -2.37. The van der Waals surface area contributed by atoms with Crippen molar-refractivity contribution < 1.29 is 0 Å². The normalized spacial score (nSPS) is 23.4. The van der Waals surface area contributed by atoms with Gasteiger partial charge in [0.15, 0.2) is 0 Å². The summed E-state index contributed by atoms with van der Waals surface area (Å²) in [6.45, 7) is 5.65. The van der Waals surface area contributed by atoms with Crippen LogP contribution in [0, 0.1) is 11.8 Å². The topological polar surface area (TPSA) is 12.0 Å². The van der Waals surface area contributed by atoms with Gasteiger partial charge in [0.05, 0.1) is 10.0 Å². The average molecular weight is 328 g/mol. The Kier molecular flexibility index (Phi) is 6.85. The van der Waals surface area contributed by atoms with Crippen LogP contribution in [0.25, 0.3) is 0 Å². The highest BCUT2D eigenvalue weighted by Crippen LogP contribution is 2.36. The summed E-state index contributed by atoms with van der Waals surface area (Å²) in [5, 5.41) is 5.07. The average Bonchev–Trinajstić information content (AvgIpc) is 2.96. The first-order valence-corrected chi connectivity index (χ1v) is 9.06. The Balaban J connectivity index is 2.03. The minimum absolute atomic E-state index is 0.568. The number of halogens is 2. The molecule has 0 aromatic heterocycles. The number of nitrogens with one attached hydrogen (secondary N) is 1. The standard InChI is InChI=1S/C18H27Cl2N/c1-3-9-21-18(15-7-5-13(4-2)10-15)12-14-6-8-16(19)17(20)11-14/h6,8,11,13,15,18,21H,3-5,7,9-10,12H2,1-2H3. The van der Waals surface area contributed by atoms with Crippen LogP contribution in [-0.2, 0) is 6.42 Å². The Morgan fingerprint density at radius 1 is 1.19 bits per heavy atom. The summed E-state index contributed by atoms with van der Waals surface area (Å²) in [6.07, 6.45) is 7.69. The fraction of sp³-hybridized carbons (Fsp3) is 0.667. The van der Waals surface area contributed by atoms with E-state index in [0.29, 0.717) is 16.1 Å². The quantitative estimate of drug-likeness (QED) is 0.674.